The molecule has 7 heteroatoms. The number of aliphatic carboxylic acids is 1. The number of carboxylic acids is 1. The van der Waals surface area contributed by atoms with Gasteiger partial charge in [0.25, 0.3) is 0 Å². The number of ether oxygens (including phenoxy) is 1. The van der Waals surface area contributed by atoms with Gasteiger partial charge in [0.15, 0.2) is 0 Å². The molecule has 1 aliphatic rings. The van der Waals surface area contributed by atoms with Crippen molar-refractivity contribution < 1.29 is 19.4 Å². The summed E-state index contributed by atoms with van der Waals surface area (Å²) in [7, 11) is 0. The summed E-state index contributed by atoms with van der Waals surface area (Å²) in [6.07, 6.45) is 3.67. The number of hydrogen-bond acceptors (Lipinski definition) is 3. The zero-order valence-electron chi connectivity index (χ0n) is 17.6. The normalized spacial score (nSPS) is 14.8. The Morgan fingerprint density at radius 3 is 2.24 bits per heavy atom. The summed E-state index contributed by atoms with van der Waals surface area (Å²) < 4.78 is 6.67. The Labute approximate surface area is 205 Å². The Morgan fingerprint density at radius 1 is 1.00 bits per heavy atom. The molecular weight excluding hydrogens is 506 g/mol. The molecule has 2 N–H and O–H groups in total. The van der Waals surface area contributed by atoms with Gasteiger partial charge in [-0.3, -0.25) is 4.79 Å². The van der Waals surface area contributed by atoms with Gasteiger partial charge in [0.05, 0.1) is 9.89 Å². The van der Waals surface area contributed by atoms with E-state index < -0.39 is 11.4 Å². The van der Waals surface area contributed by atoms with Gasteiger partial charge in [-0.25, -0.2) is 4.79 Å². The number of benzene rings is 3. The largest absolute Gasteiger partial charge is 0.477 e. The van der Waals surface area contributed by atoms with Crippen LogP contribution in [-0.4, -0.2) is 17.0 Å². The molecule has 4 rings (SSSR count). The predicted octanol–water partition coefficient (Wildman–Crippen LogP) is 6.56. The maximum absolute atomic E-state index is 13.2. The van der Waals surface area contributed by atoms with Crippen LogP contribution >= 0.6 is 27.5 Å². The number of amides is 1. The highest BCUT2D eigenvalue weighted by Crippen LogP contribution is 2.44. The first-order valence-electron chi connectivity index (χ1n) is 10.4. The zero-order valence-corrected chi connectivity index (χ0v) is 19.9. The summed E-state index contributed by atoms with van der Waals surface area (Å²) in [5.41, 5.74) is 0.551. The van der Waals surface area contributed by atoms with Gasteiger partial charge in [-0.1, -0.05) is 54.4 Å². The van der Waals surface area contributed by atoms with E-state index in [0.29, 0.717) is 34.9 Å². The van der Waals surface area contributed by atoms with E-state index in [4.69, 9.17) is 16.3 Å². The molecule has 1 saturated carbocycles. The van der Waals surface area contributed by atoms with Crippen LogP contribution in [0.1, 0.15) is 30.4 Å². The first-order chi connectivity index (χ1) is 15.9. The van der Waals surface area contributed by atoms with Gasteiger partial charge in [0.2, 0.25) is 5.91 Å². The van der Waals surface area contributed by atoms with Crippen LogP contribution in [0, 0.1) is 0 Å². The molecule has 3 aromatic rings. The predicted molar refractivity (Wildman–Crippen MR) is 131 cm³/mol. The third kappa shape index (κ3) is 5.13. The van der Waals surface area contributed by atoms with Crippen molar-refractivity contribution in [2.75, 3.05) is 0 Å². The third-order valence-corrected chi connectivity index (χ3v) is 6.68. The van der Waals surface area contributed by atoms with Crippen molar-refractivity contribution >= 4 is 45.5 Å². The highest BCUT2D eigenvalue weighted by molar-refractivity contribution is 9.10. The summed E-state index contributed by atoms with van der Waals surface area (Å²) >= 11 is 9.42. The average molecular weight is 527 g/mol. The summed E-state index contributed by atoms with van der Waals surface area (Å²) in [5, 5.41) is 12.9. The SMILES string of the molecule is O=C(O)/C(=C/c1ccc(Oc2ccccc2Br)cc1)NC(=O)C1(c2ccc(Cl)cc2)CCC1. The first kappa shape index (κ1) is 23.1. The molecule has 1 aliphatic carbocycles. The summed E-state index contributed by atoms with van der Waals surface area (Å²) in [6.45, 7) is 0. The van der Waals surface area contributed by atoms with Crippen LogP contribution in [0.3, 0.4) is 0 Å². The second kappa shape index (κ2) is 9.81. The van der Waals surface area contributed by atoms with Crippen LogP contribution in [0.4, 0.5) is 0 Å². The summed E-state index contributed by atoms with van der Waals surface area (Å²) in [6, 6.07) is 21.6. The van der Waals surface area contributed by atoms with Crippen LogP contribution in [0.2, 0.25) is 5.02 Å². The molecule has 33 heavy (non-hydrogen) atoms. The molecule has 1 amide bonds. The number of halogens is 2. The van der Waals surface area contributed by atoms with E-state index in [1.54, 1.807) is 36.4 Å². The van der Waals surface area contributed by atoms with Crippen molar-refractivity contribution in [1.82, 2.24) is 5.32 Å². The molecular formula is C26H21BrClNO4. The van der Waals surface area contributed by atoms with E-state index in [1.807, 2.05) is 36.4 Å². The fraction of sp³-hybridized carbons (Fsp3) is 0.154. The van der Waals surface area contributed by atoms with Gasteiger partial charge in [-0.15, -0.1) is 0 Å². The number of carbonyl (C=O) groups excluding carboxylic acids is 1. The lowest BCUT2D eigenvalue weighted by Crippen LogP contribution is -2.49. The molecule has 0 saturated heterocycles. The van der Waals surface area contributed by atoms with E-state index in [1.165, 1.54) is 6.08 Å². The Hall–Kier alpha value is -3.09. The van der Waals surface area contributed by atoms with Crippen LogP contribution in [0.15, 0.2) is 83.0 Å². The van der Waals surface area contributed by atoms with Crippen LogP contribution in [-0.2, 0) is 15.0 Å². The van der Waals surface area contributed by atoms with Crippen molar-refractivity contribution in [1.29, 1.82) is 0 Å². The molecule has 0 aromatic heterocycles. The van der Waals surface area contributed by atoms with Gasteiger partial charge in [0.1, 0.15) is 17.2 Å². The molecule has 0 heterocycles. The van der Waals surface area contributed by atoms with Crippen LogP contribution in [0.25, 0.3) is 6.08 Å². The average Bonchev–Trinajstić information content (AvgIpc) is 2.76. The van der Waals surface area contributed by atoms with Gasteiger partial charge >= 0.3 is 5.97 Å². The van der Waals surface area contributed by atoms with Gasteiger partial charge in [-0.2, -0.15) is 0 Å². The quantitative estimate of drug-likeness (QED) is 0.342. The fourth-order valence-electron chi connectivity index (χ4n) is 3.79. The number of carbonyl (C=O) groups is 2. The first-order valence-corrected chi connectivity index (χ1v) is 11.6. The molecule has 0 spiro atoms. The van der Waals surface area contributed by atoms with Crippen molar-refractivity contribution in [3.05, 3.63) is 99.1 Å². The highest BCUT2D eigenvalue weighted by Gasteiger charge is 2.46. The number of nitrogens with one attached hydrogen (secondary N) is 1. The lowest BCUT2D eigenvalue weighted by atomic mass is 9.64. The minimum Gasteiger partial charge on any atom is -0.477 e. The molecule has 5 nitrogen and oxygen atoms in total. The number of rotatable bonds is 7. The molecule has 0 atom stereocenters. The summed E-state index contributed by atoms with van der Waals surface area (Å²) in [5.74, 6) is -0.246. The Balaban J connectivity index is 1.51. The topological polar surface area (TPSA) is 75.6 Å². The van der Waals surface area contributed by atoms with Crippen molar-refractivity contribution in [2.45, 2.75) is 24.7 Å². The summed E-state index contributed by atoms with van der Waals surface area (Å²) in [4.78, 5) is 25.0. The number of hydrogen-bond donors (Lipinski definition) is 2. The zero-order chi connectivity index (χ0) is 23.4. The van der Waals surface area contributed by atoms with E-state index in [9.17, 15) is 14.7 Å². The number of carboxylic acid groups (broad SMARTS) is 1. The fourth-order valence-corrected chi connectivity index (χ4v) is 4.28. The minimum absolute atomic E-state index is 0.181. The van der Waals surface area contributed by atoms with Crippen molar-refractivity contribution in [3.63, 3.8) is 0 Å². The minimum atomic E-state index is -1.21. The molecule has 0 unspecified atom stereocenters. The molecule has 0 bridgehead atoms. The Morgan fingerprint density at radius 2 is 1.67 bits per heavy atom. The van der Waals surface area contributed by atoms with Crippen LogP contribution in [0.5, 0.6) is 11.5 Å². The maximum atomic E-state index is 13.2. The van der Waals surface area contributed by atoms with Gasteiger partial charge in [-0.05, 0) is 82.4 Å². The molecule has 0 radical (unpaired) electrons. The van der Waals surface area contributed by atoms with Gasteiger partial charge < -0.3 is 15.2 Å². The second-order valence-corrected chi connectivity index (χ2v) is 9.15. The second-order valence-electron chi connectivity index (χ2n) is 7.86. The lowest BCUT2D eigenvalue weighted by molar-refractivity contribution is -0.136. The Kier molecular flexibility index (Phi) is 6.86. The molecule has 3 aromatic carbocycles. The highest BCUT2D eigenvalue weighted by atomic mass is 79.9. The number of para-hydroxylation sites is 1. The van der Waals surface area contributed by atoms with Crippen LogP contribution < -0.4 is 10.1 Å². The molecule has 168 valence electrons. The molecule has 0 aliphatic heterocycles. The maximum Gasteiger partial charge on any atom is 0.352 e. The van der Waals surface area contributed by atoms with Crippen molar-refractivity contribution in [3.8, 4) is 11.5 Å². The monoisotopic (exact) mass is 525 g/mol. The lowest BCUT2D eigenvalue weighted by Gasteiger charge is -2.40. The molecule has 1 fully saturated rings. The standard InChI is InChI=1S/C26H21BrClNO4/c27-21-4-1-2-5-23(21)33-20-12-6-17(7-13-20)16-22(24(30)31)29-25(32)26(14-3-15-26)18-8-10-19(28)11-9-18/h1-2,4-13,16H,3,14-15H2,(H,29,32)(H,30,31)/b22-16-. The smallest absolute Gasteiger partial charge is 0.352 e. The van der Waals surface area contributed by atoms with Gasteiger partial charge in [0, 0.05) is 5.02 Å². The van der Waals surface area contributed by atoms with E-state index in [-0.39, 0.29) is 11.6 Å². The van der Waals surface area contributed by atoms with E-state index in [0.717, 1.165) is 16.5 Å². The van der Waals surface area contributed by atoms with Crippen molar-refractivity contribution in [2.24, 2.45) is 0 Å². The van der Waals surface area contributed by atoms with E-state index in [2.05, 4.69) is 21.2 Å². The Bertz CT molecular complexity index is 1200. The third-order valence-electron chi connectivity index (χ3n) is 5.77. The van der Waals surface area contributed by atoms with E-state index >= 15 is 0 Å².